The molecule has 0 unspecified atom stereocenters. The zero-order valence-electron chi connectivity index (χ0n) is 16.5. The van der Waals surface area contributed by atoms with Gasteiger partial charge in [-0.25, -0.2) is 9.78 Å². The quantitative estimate of drug-likeness (QED) is 0.835. The summed E-state index contributed by atoms with van der Waals surface area (Å²) in [5, 5.41) is 5.02. The highest BCUT2D eigenvalue weighted by Crippen LogP contribution is 2.32. The Morgan fingerprint density at radius 2 is 2.00 bits per heavy atom. The van der Waals surface area contributed by atoms with Crippen molar-refractivity contribution >= 4 is 28.5 Å². The van der Waals surface area contributed by atoms with Crippen LogP contribution in [0.3, 0.4) is 0 Å². The summed E-state index contributed by atoms with van der Waals surface area (Å²) in [6.07, 6.45) is -0.554. The van der Waals surface area contributed by atoms with Crippen LogP contribution in [0.25, 0.3) is 11.3 Å². The number of nitrogens with one attached hydrogen (secondary N) is 1. The number of benzene rings is 1. The Morgan fingerprint density at radius 1 is 1.30 bits per heavy atom. The Hall–Kier alpha value is -2.61. The number of methoxy groups -OCH3 is 1. The van der Waals surface area contributed by atoms with E-state index in [1.54, 1.807) is 27.9 Å². The van der Waals surface area contributed by atoms with Gasteiger partial charge in [0, 0.05) is 18.0 Å². The lowest BCUT2D eigenvalue weighted by Crippen LogP contribution is -2.38. The number of carbonyl (C=O) groups excluding carboxylic acids is 2. The average molecular weight is 391 g/mol. The van der Waals surface area contributed by atoms with Gasteiger partial charge in [-0.3, -0.25) is 4.79 Å². The van der Waals surface area contributed by atoms with Gasteiger partial charge in [0.2, 0.25) is 5.91 Å². The Balaban J connectivity index is 2.02. The fraction of sp³-hybridized carbons (Fsp3) is 0.421. The Labute approximate surface area is 163 Å². The molecule has 27 heavy (non-hydrogen) atoms. The number of aryl methyl sites for hydroxylation is 1. The predicted molar refractivity (Wildman–Crippen MR) is 106 cm³/mol. The van der Waals surface area contributed by atoms with Crippen molar-refractivity contribution in [1.29, 1.82) is 0 Å². The first kappa shape index (κ1) is 20.7. The van der Waals surface area contributed by atoms with E-state index in [4.69, 9.17) is 9.47 Å². The molecule has 1 heterocycles. The van der Waals surface area contributed by atoms with Crippen molar-refractivity contribution in [2.24, 2.45) is 0 Å². The van der Waals surface area contributed by atoms with Crippen molar-refractivity contribution < 1.29 is 19.1 Å². The number of hydrogen-bond donors (Lipinski definition) is 1. The molecule has 146 valence electrons. The molecule has 1 N–H and O–H groups in total. The molecular formula is C19H25N3O4S. The predicted octanol–water partition coefficient (Wildman–Crippen LogP) is 3.93. The molecule has 0 fully saturated rings. The molecule has 0 spiro atoms. The van der Waals surface area contributed by atoms with Crippen LogP contribution >= 0.6 is 11.3 Å². The third-order valence-corrected chi connectivity index (χ3v) is 4.23. The number of carbonyl (C=O) groups is 2. The molecule has 7 nitrogen and oxygen atoms in total. The smallest absolute Gasteiger partial charge is 0.410 e. The molecule has 0 atom stereocenters. The summed E-state index contributed by atoms with van der Waals surface area (Å²) in [5.41, 5.74) is 2.05. The molecule has 2 aromatic rings. The monoisotopic (exact) mass is 391 g/mol. The van der Waals surface area contributed by atoms with Gasteiger partial charge < -0.3 is 19.7 Å². The van der Waals surface area contributed by atoms with Gasteiger partial charge in [0.15, 0.2) is 5.13 Å². The molecule has 0 aliphatic rings. The Kier molecular flexibility index (Phi) is 6.43. The van der Waals surface area contributed by atoms with Gasteiger partial charge in [0.1, 0.15) is 17.9 Å². The van der Waals surface area contributed by atoms with E-state index in [0.29, 0.717) is 10.9 Å². The largest absolute Gasteiger partial charge is 0.496 e. The molecular weight excluding hydrogens is 366 g/mol. The number of anilines is 1. The third-order valence-electron chi connectivity index (χ3n) is 3.47. The van der Waals surface area contributed by atoms with Crippen molar-refractivity contribution in [3.63, 3.8) is 0 Å². The maximum atomic E-state index is 12.2. The molecule has 0 bridgehead atoms. The number of hydrogen-bond acceptors (Lipinski definition) is 6. The Bertz CT molecular complexity index is 827. The average Bonchev–Trinajstić information content (AvgIpc) is 3.01. The molecule has 1 aromatic carbocycles. The first-order valence-electron chi connectivity index (χ1n) is 8.43. The number of ether oxygens (including phenoxy) is 2. The van der Waals surface area contributed by atoms with Gasteiger partial charge in [-0.2, -0.15) is 0 Å². The second-order valence-electron chi connectivity index (χ2n) is 7.13. The van der Waals surface area contributed by atoms with Gasteiger partial charge in [0.05, 0.1) is 12.8 Å². The summed E-state index contributed by atoms with van der Waals surface area (Å²) in [6.45, 7) is 7.18. The van der Waals surface area contributed by atoms with E-state index in [2.05, 4.69) is 10.3 Å². The van der Waals surface area contributed by atoms with Gasteiger partial charge in [-0.1, -0.05) is 11.6 Å². The molecule has 8 heteroatoms. The maximum Gasteiger partial charge on any atom is 0.410 e. The minimum atomic E-state index is -0.612. The molecule has 2 amide bonds. The SMILES string of the molecule is COc1ccc(C)cc1-c1csc(NC(=O)CN(C)C(=O)OC(C)(C)C)n1. The van der Waals surface area contributed by atoms with E-state index in [-0.39, 0.29) is 12.5 Å². The molecule has 0 aliphatic heterocycles. The van der Waals surface area contributed by atoms with Crippen molar-refractivity contribution in [3.05, 3.63) is 29.1 Å². The van der Waals surface area contributed by atoms with Crippen LogP contribution in [0.1, 0.15) is 26.3 Å². The standard InChI is InChI=1S/C19H25N3O4S/c1-12-7-8-15(25-6)13(9-12)14-11-27-17(20-14)21-16(23)10-22(5)18(24)26-19(2,3)4/h7-9,11H,10H2,1-6H3,(H,20,21,23). The van der Waals surface area contributed by atoms with Gasteiger partial charge in [0.25, 0.3) is 0 Å². The highest BCUT2D eigenvalue weighted by Gasteiger charge is 2.21. The summed E-state index contributed by atoms with van der Waals surface area (Å²) >= 11 is 1.31. The highest BCUT2D eigenvalue weighted by molar-refractivity contribution is 7.14. The topological polar surface area (TPSA) is 80.8 Å². The van der Waals surface area contributed by atoms with Crippen LogP contribution in [0, 0.1) is 6.92 Å². The zero-order chi connectivity index (χ0) is 20.2. The molecule has 0 aliphatic carbocycles. The number of aromatic nitrogens is 1. The second kappa shape index (κ2) is 8.39. The molecule has 0 radical (unpaired) electrons. The van der Waals surface area contributed by atoms with Crippen LogP contribution in [-0.2, 0) is 9.53 Å². The van der Waals surface area contributed by atoms with Crippen LogP contribution in [0.15, 0.2) is 23.6 Å². The normalized spacial score (nSPS) is 11.0. The number of nitrogens with zero attached hydrogens (tertiary/aromatic N) is 2. The summed E-state index contributed by atoms with van der Waals surface area (Å²) < 4.78 is 10.6. The number of likely N-dealkylation sites (N-methyl/N-ethyl adjacent to an activating group) is 1. The minimum absolute atomic E-state index is 0.127. The van der Waals surface area contributed by atoms with E-state index in [0.717, 1.165) is 16.8 Å². The van der Waals surface area contributed by atoms with E-state index in [1.807, 2.05) is 30.5 Å². The molecule has 0 saturated carbocycles. The lowest BCUT2D eigenvalue weighted by Gasteiger charge is -2.24. The minimum Gasteiger partial charge on any atom is -0.496 e. The molecule has 2 rings (SSSR count). The maximum absolute atomic E-state index is 12.2. The highest BCUT2D eigenvalue weighted by atomic mass is 32.1. The molecule has 1 aromatic heterocycles. The number of rotatable bonds is 5. The first-order chi connectivity index (χ1) is 12.6. The van der Waals surface area contributed by atoms with Gasteiger partial charge >= 0.3 is 6.09 Å². The van der Waals surface area contributed by atoms with Gasteiger partial charge in [-0.15, -0.1) is 11.3 Å². The van der Waals surface area contributed by atoms with Crippen LogP contribution in [0.5, 0.6) is 5.75 Å². The van der Waals surface area contributed by atoms with Crippen LogP contribution < -0.4 is 10.1 Å². The molecule has 0 saturated heterocycles. The van der Waals surface area contributed by atoms with Crippen molar-refractivity contribution in [1.82, 2.24) is 9.88 Å². The van der Waals surface area contributed by atoms with Crippen molar-refractivity contribution in [2.75, 3.05) is 26.0 Å². The van der Waals surface area contributed by atoms with E-state index < -0.39 is 11.7 Å². The second-order valence-corrected chi connectivity index (χ2v) is 7.98. The van der Waals surface area contributed by atoms with Crippen LogP contribution in [0.2, 0.25) is 0 Å². The lowest BCUT2D eigenvalue weighted by molar-refractivity contribution is -0.117. The van der Waals surface area contributed by atoms with Crippen molar-refractivity contribution in [3.8, 4) is 17.0 Å². The zero-order valence-corrected chi connectivity index (χ0v) is 17.3. The van der Waals surface area contributed by atoms with Crippen LogP contribution in [0.4, 0.5) is 9.93 Å². The van der Waals surface area contributed by atoms with E-state index >= 15 is 0 Å². The third kappa shape index (κ3) is 5.96. The fourth-order valence-corrected chi connectivity index (χ4v) is 2.98. The summed E-state index contributed by atoms with van der Waals surface area (Å²) in [4.78, 5) is 29.8. The number of amides is 2. The van der Waals surface area contributed by atoms with E-state index in [9.17, 15) is 9.59 Å². The van der Waals surface area contributed by atoms with Crippen LogP contribution in [-0.4, -0.2) is 48.2 Å². The fourth-order valence-electron chi connectivity index (χ4n) is 2.26. The summed E-state index contributed by atoms with van der Waals surface area (Å²) in [5.74, 6) is 0.369. The van der Waals surface area contributed by atoms with Crippen molar-refractivity contribution in [2.45, 2.75) is 33.3 Å². The van der Waals surface area contributed by atoms with E-state index in [1.165, 1.54) is 23.3 Å². The Morgan fingerprint density at radius 3 is 2.63 bits per heavy atom. The number of thiazole rings is 1. The van der Waals surface area contributed by atoms with Gasteiger partial charge in [-0.05, 0) is 39.8 Å². The summed E-state index contributed by atoms with van der Waals surface area (Å²) in [6, 6.07) is 5.83. The first-order valence-corrected chi connectivity index (χ1v) is 9.31. The summed E-state index contributed by atoms with van der Waals surface area (Å²) in [7, 11) is 3.12. The lowest BCUT2D eigenvalue weighted by atomic mass is 10.1.